The molecule has 0 aliphatic carbocycles. The number of fused-ring (bicyclic) bond motifs is 1. The molecule has 1 atom stereocenters. The first-order valence-corrected chi connectivity index (χ1v) is 40.3. The van der Waals surface area contributed by atoms with Gasteiger partial charge in [-0.05, 0) is 166 Å². The number of anilines is 2. The number of nitrogen functional groups attached to an aromatic ring is 1. The largest absolute Gasteiger partial charge is 0.678 e. The topological polar surface area (TPSA) is 382 Å². The molecule has 32 nitrogen and oxygen atoms in total. The fraction of sp³-hybridized carbons (Fsp3) is 0.407. The van der Waals surface area contributed by atoms with Gasteiger partial charge in [-0.25, -0.2) is 24.4 Å². The summed E-state index contributed by atoms with van der Waals surface area (Å²) in [6, 6.07) is 27.4. The predicted molar refractivity (Wildman–Crippen MR) is 456 cm³/mol. The van der Waals surface area contributed by atoms with E-state index >= 15 is 8.63 Å². The van der Waals surface area contributed by atoms with Crippen LogP contribution in [-0.4, -0.2) is 248 Å². The van der Waals surface area contributed by atoms with Crippen LogP contribution in [0.5, 0.6) is 17.2 Å². The summed E-state index contributed by atoms with van der Waals surface area (Å²) in [7, 11) is 0.321. The summed E-state index contributed by atoms with van der Waals surface area (Å²) in [5, 5.41) is 26.3. The van der Waals surface area contributed by atoms with Crippen LogP contribution in [0.4, 0.5) is 20.3 Å². The average Bonchev–Trinajstić information content (AvgIpc) is 1.59. The number of aliphatic carboxylic acids is 1. The molecule has 5 heterocycles. The Morgan fingerprint density at radius 3 is 1.70 bits per heavy atom. The Bertz CT molecular complexity index is 4690. The number of halogens is 4. The Hall–Kier alpha value is -9.50. The second-order valence-electron chi connectivity index (χ2n) is 25.9. The van der Waals surface area contributed by atoms with Crippen molar-refractivity contribution in [1.29, 1.82) is 0 Å². The number of aromatic amines is 1. The van der Waals surface area contributed by atoms with Crippen LogP contribution in [0.3, 0.4) is 0 Å². The van der Waals surface area contributed by atoms with Crippen molar-refractivity contribution in [3.05, 3.63) is 195 Å². The first kappa shape index (κ1) is 92.4. The molecule has 8 aromatic rings. The number of hydrogen-bond donors (Lipinski definition) is 6. The lowest BCUT2D eigenvalue weighted by Crippen LogP contribution is -2.41. The standard InChI is InChI=1S/C81H98BF2I2N13O19/c1-55-72(85)67(23-9-57-5-17-64(18-6-57)116-48-45-112-40-37-109-33-31-105-3)92-74(55)71(76-56(2)73(86)69(99(76)82(83)84)25-10-58-7-19-65(20-8-58)117-49-46-113-41-38-110-34-32-106-4)59-13-21-66(22-14-59)118-50-47-114-42-39-111-43-44-115-54-63-53-98(97-96-63)28-30-108-36-35-107-29-27-88-70(100)26-24-68(80(103)104)93-78(101)60-11-15-61(16-12-60)89-51-62-52-90-77-75(91-62)79(102)95-81(87)94-77/h5-23,25,52-53,68,89H,24,26-51,54H2,1-4H3,(H,88,100)(H,93,101)(H,103,104)(H3,87,90,94,95,102)/b23-9+,25-10+,74-71-. The van der Waals surface area contributed by atoms with Crippen molar-refractivity contribution in [3.63, 3.8) is 0 Å². The molecule has 2 amide bonds. The first-order chi connectivity index (χ1) is 57.5. The maximum absolute atomic E-state index is 16.0. The predicted octanol–water partition coefficient (Wildman–Crippen LogP) is 9.35. The van der Waals surface area contributed by atoms with Gasteiger partial charge in [0, 0.05) is 62.5 Å². The zero-order valence-electron chi connectivity index (χ0n) is 66.1. The molecule has 0 saturated heterocycles. The quantitative estimate of drug-likeness (QED) is 0.0117. The van der Waals surface area contributed by atoms with E-state index in [0.29, 0.717) is 203 Å². The minimum Gasteiger partial charge on any atom is -0.491 e. The highest BCUT2D eigenvalue weighted by atomic mass is 127. The maximum Gasteiger partial charge on any atom is 0.678 e. The van der Waals surface area contributed by atoms with E-state index in [1.165, 1.54) is 18.3 Å². The van der Waals surface area contributed by atoms with Gasteiger partial charge in [-0.2, -0.15) is 4.98 Å². The number of allylic oxidation sites excluding steroid dienone is 3. The monoisotopic (exact) mass is 1860 g/mol. The molecule has 118 heavy (non-hydrogen) atoms. The van der Waals surface area contributed by atoms with Crippen LogP contribution in [0.25, 0.3) is 35.0 Å². The summed E-state index contributed by atoms with van der Waals surface area (Å²) >= 11 is 4.43. The average molecular weight is 1860 g/mol. The van der Waals surface area contributed by atoms with Crippen molar-refractivity contribution in [3.8, 4) is 17.2 Å². The molecule has 9 rings (SSSR count). The van der Waals surface area contributed by atoms with Crippen LogP contribution in [0.1, 0.15) is 75.2 Å². The van der Waals surface area contributed by atoms with Gasteiger partial charge in [0.2, 0.25) is 11.9 Å². The number of amides is 2. The molecule has 0 bridgehead atoms. The molecule has 1 unspecified atom stereocenters. The number of benzene rings is 4. The number of ether oxygens (including phenoxy) is 14. The minimum atomic E-state index is -2.93. The lowest BCUT2D eigenvalue weighted by atomic mass is 9.94. The van der Waals surface area contributed by atoms with Crippen LogP contribution in [-0.2, 0) is 81.4 Å². The Labute approximate surface area is 709 Å². The van der Waals surface area contributed by atoms with Crippen LogP contribution in [0, 0.1) is 10.5 Å². The number of carboxylic acid groups (broad SMARTS) is 1. The van der Waals surface area contributed by atoms with E-state index in [0.717, 1.165) is 24.8 Å². The molecule has 4 aromatic heterocycles. The third-order valence-electron chi connectivity index (χ3n) is 17.4. The van der Waals surface area contributed by atoms with Crippen LogP contribution >= 0.6 is 45.2 Å². The van der Waals surface area contributed by atoms with Crippen LogP contribution in [0.2, 0.25) is 0 Å². The summed E-state index contributed by atoms with van der Waals surface area (Å²) in [6.45, 7) is 13.2. The van der Waals surface area contributed by atoms with Crippen molar-refractivity contribution in [2.45, 2.75) is 52.4 Å². The van der Waals surface area contributed by atoms with Crippen molar-refractivity contribution < 1.29 is 94.4 Å². The number of methoxy groups -OCH3 is 2. The normalized spacial score (nSPS) is 12.9. The fourth-order valence-electron chi connectivity index (χ4n) is 11.4. The second-order valence-corrected chi connectivity index (χ2v) is 28.1. The lowest BCUT2D eigenvalue weighted by molar-refractivity contribution is -0.139. The van der Waals surface area contributed by atoms with Gasteiger partial charge in [0.25, 0.3) is 11.5 Å². The van der Waals surface area contributed by atoms with Gasteiger partial charge in [0.1, 0.15) is 48.8 Å². The van der Waals surface area contributed by atoms with Gasteiger partial charge in [-0.1, -0.05) is 53.8 Å². The lowest BCUT2D eigenvalue weighted by Gasteiger charge is -2.17. The number of H-pyrrole nitrogens is 1. The molecule has 1 aliphatic heterocycles. The molecule has 0 spiro atoms. The third-order valence-corrected chi connectivity index (χ3v) is 20.2. The van der Waals surface area contributed by atoms with E-state index in [-0.39, 0.29) is 81.6 Å². The number of aliphatic imine (C=N–C) groups is 1. The van der Waals surface area contributed by atoms with Gasteiger partial charge < -0.3 is 97.6 Å². The van der Waals surface area contributed by atoms with E-state index in [1.807, 2.05) is 105 Å². The van der Waals surface area contributed by atoms with Crippen molar-refractivity contribution in [2.75, 3.05) is 177 Å². The molecule has 37 heteroatoms. The molecule has 0 saturated carbocycles. The molecule has 0 fully saturated rings. The fourth-order valence-corrected chi connectivity index (χ4v) is 12.6. The number of carboxylic acids is 1. The third kappa shape index (κ3) is 30.7. The smallest absolute Gasteiger partial charge is 0.491 e. The number of nitrogens with one attached hydrogen (secondary N) is 4. The highest BCUT2D eigenvalue weighted by Gasteiger charge is 2.34. The van der Waals surface area contributed by atoms with E-state index in [9.17, 15) is 24.3 Å². The summed E-state index contributed by atoms with van der Waals surface area (Å²) in [5.74, 6) is -0.488. The number of nitrogens with zero attached hydrogens (tertiary/aromatic N) is 8. The van der Waals surface area contributed by atoms with E-state index < -0.39 is 36.8 Å². The number of rotatable bonds is 57. The molecule has 4 aromatic carbocycles. The summed E-state index contributed by atoms with van der Waals surface area (Å²) in [4.78, 5) is 69.6. The number of aromatic nitrogens is 8. The molecule has 0 radical (unpaired) electrons. The van der Waals surface area contributed by atoms with Crippen molar-refractivity contribution in [2.24, 2.45) is 4.99 Å². The zero-order chi connectivity index (χ0) is 83.6. The molecule has 1 aliphatic rings. The Morgan fingerprint density at radius 1 is 0.627 bits per heavy atom. The van der Waals surface area contributed by atoms with Crippen LogP contribution in [0.15, 0.2) is 140 Å². The maximum atomic E-state index is 16.0. The minimum absolute atomic E-state index is 0.0401. The van der Waals surface area contributed by atoms with Crippen LogP contribution < -0.4 is 41.5 Å². The number of hydrogen-bond acceptors (Lipinski definition) is 26. The van der Waals surface area contributed by atoms with Gasteiger partial charge in [-0.3, -0.25) is 28.0 Å². The summed E-state index contributed by atoms with van der Waals surface area (Å²) < 4.78 is 115. The Morgan fingerprint density at radius 2 is 1.14 bits per heavy atom. The van der Waals surface area contributed by atoms with Crippen molar-refractivity contribution in [1.82, 2.24) is 50.0 Å². The summed E-state index contributed by atoms with van der Waals surface area (Å²) in [5.41, 5.74) is 13.4. The van der Waals surface area contributed by atoms with Gasteiger partial charge in [0.15, 0.2) is 11.2 Å². The molecule has 632 valence electrons. The van der Waals surface area contributed by atoms with E-state index in [2.05, 4.69) is 91.4 Å². The molecular weight excluding hydrogens is 1760 g/mol. The van der Waals surface area contributed by atoms with Gasteiger partial charge in [0.05, 0.1) is 175 Å². The highest BCUT2D eigenvalue weighted by Crippen LogP contribution is 2.43. The Balaban J connectivity index is 0.661. The van der Waals surface area contributed by atoms with Gasteiger partial charge in [-0.15, -0.1) is 5.10 Å². The number of carbonyl (C=O) groups is 3. The number of carbonyl (C=O) groups excluding carboxylic acids is 2. The van der Waals surface area contributed by atoms with Gasteiger partial charge >= 0.3 is 13.4 Å². The van der Waals surface area contributed by atoms with Crippen molar-refractivity contribution >= 4 is 123 Å². The Kier molecular flexibility index (Phi) is 40.0. The molecular formula is C81H98BF2I2N13O19. The summed E-state index contributed by atoms with van der Waals surface area (Å²) in [6.07, 6.45) is 10.3. The zero-order valence-corrected chi connectivity index (χ0v) is 70.4. The first-order valence-electron chi connectivity index (χ1n) is 38.1. The highest BCUT2D eigenvalue weighted by molar-refractivity contribution is 14.1. The van der Waals surface area contributed by atoms with E-state index in [1.54, 1.807) is 43.3 Å². The number of nitrogens with two attached hydrogens (primary N) is 1. The second kappa shape index (κ2) is 51.1. The SMILES string of the molecule is COCCOCCOCCOc1ccc(/C=C/C2=NC(=C(/c3ccc(OCCOCCOCCOCc4cn(CCOCCOCCNC(=O)CCC(NC(=O)c5ccc(NCc6cnc7nc(N)[nH]c(=O)c7n6)cc5)C(=O)O)nn4)cc3)c3c(C)c(I)c(/C=C/c4ccc(OCCOCCOCCOC)cc4)n3B(F)F)/C(C)=C2I)cc1. The molecule has 7 N–H and O–H groups in total. The van der Waals surface area contributed by atoms with E-state index in [4.69, 9.17) is 77.0 Å².